The fourth-order valence-corrected chi connectivity index (χ4v) is 3.21. The number of amides is 1. The molecule has 0 saturated carbocycles. The van der Waals surface area contributed by atoms with Crippen molar-refractivity contribution in [1.29, 1.82) is 0 Å². The highest BCUT2D eigenvalue weighted by atomic mass is 16.4. The van der Waals surface area contributed by atoms with E-state index in [0.29, 0.717) is 18.9 Å². The Hall–Kier alpha value is -1.88. The summed E-state index contributed by atoms with van der Waals surface area (Å²) in [6.45, 7) is 2.64. The first-order valence-corrected chi connectivity index (χ1v) is 7.52. The molecule has 0 aliphatic carbocycles. The van der Waals surface area contributed by atoms with Crippen LogP contribution in [0, 0.1) is 5.92 Å². The van der Waals surface area contributed by atoms with Crippen LogP contribution in [-0.2, 0) is 11.2 Å². The molecule has 1 aromatic carbocycles. The van der Waals surface area contributed by atoms with Gasteiger partial charge in [-0.1, -0.05) is 6.07 Å². The van der Waals surface area contributed by atoms with E-state index in [2.05, 4.69) is 5.32 Å². The second-order valence-corrected chi connectivity index (χ2v) is 5.84. The Balaban J connectivity index is 1.74. The summed E-state index contributed by atoms with van der Waals surface area (Å²) in [6.07, 6.45) is 3.47. The lowest BCUT2D eigenvalue weighted by Crippen LogP contribution is -2.34. The number of carbonyl (C=O) groups is 2. The molecule has 0 radical (unpaired) electrons. The van der Waals surface area contributed by atoms with Crippen LogP contribution in [0.5, 0.6) is 0 Å². The summed E-state index contributed by atoms with van der Waals surface area (Å²) in [5.74, 6) is -0.371. The molecule has 5 heteroatoms. The number of hydrogen-bond acceptors (Lipinski definition) is 3. The average Bonchev–Trinajstić information content (AvgIpc) is 2.91. The lowest BCUT2D eigenvalue weighted by molar-refractivity contribution is -0.119. The number of nitrogens with one attached hydrogen (secondary N) is 1. The van der Waals surface area contributed by atoms with Crippen LogP contribution >= 0.6 is 0 Å². The van der Waals surface area contributed by atoms with E-state index in [9.17, 15) is 9.59 Å². The molecule has 0 aromatic heterocycles. The molecule has 0 spiro atoms. The van der Waals surface area contributed by atoms with E-state index in [4.69, 9.17) is 5.11 Å². The Labute approximate surface area is 123 Å². The fourth-order valence-electron chi connectivity index (χ4n) is 3.21. The third-order valence-electron chi connectivity index (χ3n) is 4.45. The first-order chi connectivity index (χ1) is 10.1. The Morgan fingerprint density at radius 2 is 2.05 bits per heavy atom. The Kier molecular flexibility index (Phi) is 3.92. The van der Waals surface area contributed by atoms with Gasteiger partial charge in [-0.05, 0) is 56.0 Å². The number of piperidine rings is 1. The molecule has 3 rings (SSSR count). The molecular formula is C16H20N2O3. The number of rotatable bonds is 3. The van der Waals surface area contributed by atoms with Crippen molar-refractivity contribution in [3.63, 3.8) is 0 Å². The van der Waals surface area contributed by atoms with E-state index in [1.165, 1.54) is 0 Å². The van der Waals surface area contributed by atoms with Crippen molar-refractivity contribution < 1.29 is 14.7 Å². The summed E-state index contributed by atoms with van der Waals surface area (Å²) in [5.41, 5.74) is 2.10. The van der Waals surface area contributed by atoms with Gasteiger partial charge in [-0.3, -0.25) is 4.79 Å². The molecule has 0 bridgehead atoms. The summed E-state index contributed by atoms with van der Waals surface area (Å²) in [6, 6.07) is 5.07. The van der Waals surface area contributed by atoms with E-state index < -0.39 is 5.97 Å². The van der Waals surface area contributed by atoms with Crippen molar-refractivity contribution in [1.82, 2.24) is 5.32 Å². The van der Waals surface area contributed by atoms with Gasteiger partial charge in [0.1, 0.15) is 0 Å². The molecule has 0 atom stereocenters. The molecular weight excluding hydrogens is 268 g/mol. The summed E-state index contributed by atoms with van der Waals surface area (Å²) < 4.78 is 0. The minimum absolute atomic E-state index is 0.128. The van der Waals surface area contributed by atoms with Crippen molar-refractivity contribution >= 4 is 17.6 Å². The second kappa shape index (κ2) is 5.85. The Bertz CT molecular complexity index is 565. The van der Waals surface area contributed by atoms with Crippen molar-refractivity contribution in [3.8, 4) is 0 Å². The van der Waals surface area contributed by atoms with Crippen LogP contribution < -0.4 is 10.2 Å². The second-order valence-electron chi connectivity index (χ2n) is 5.84. The molecule has 0 unspecified atom stereocenters. The van der Waals surface area contributed by atoms with Crippen LogP contribution in [0.3, 0.4) is 0 Å². The number of carbonyl (C=O) groups excluding carboxylic acids is 1. The molecule has 112 valence electrons. The number of fused-ring (bicyclic) bond motifs is 1. The molecule has 2 aliphatic rings. The summed E-state index contributed by atoms with van der Waals surface area (Å²) in [7, 11) is 0. The van der Waals surface area contributed by atoms with Crippen LogP contribution in [0.1, 0.15) is 35.2 Å². The maximum absolute atomic E-state index is 12.5. The van der Waals surface area contributed by atoms with Crippen LogP contribution in [0.2, 0.25) is 0 Å². The quantitative estimate of drug-likeness (QED) is 0.887. The van der Waals surface area contributed by atoms with E-state index >= 15 is 0 Å². The molecule has 2 heterocycles. The highest BCUT2D eigenvalue weighted by Gasteiger charge is 2.27. The number of benzene rings is 1. The molecule has 1 fully saturated rings. The maximum Gasteiger partial charge on any atom is 0.335 e. The minimum atomic E-state index is -0.949. The summed E-state index contributed by atoms with van der Waals surface area (Å²) >= 11 is 0. The van der Waals surface area contributed by atoms with E-state index in [1.54, 1.807) is 17.0 Å². The van der Waals surface area contributed by atoms with Gasteiger partial charge in [0.25, 0.3) is 0 Å². The van der Waals surface area contributed by atoms with Crippen LogP contribution in [0.4, 0.5) is 5.69 Å². The van der Waals surface area contributed by atoms with Crippen molar-refractivity contribution in [2.45, 2.75) is 25.7 Å². The van der Waals surface area contributed by atoms with E-state index in [1.807, 2.05) is 6.07 Å². The number of hydrogen-bond donors (Lipinski definition) is 2. The lowest BCUT2D eigenvalue weighted by Gasteiger charge is -2.25. The Morgan fingerprint density at radius 1 is 1.29 bits per heavy atom. The predicted octanol–water partition coefficient (Wildman–Crippen LogP) is 1.66. The van der Waals surface area contributed by atoms with Crippen molar-refractivity contribution in [3.05, 3.63) is 29.3 Å². The fraction of sp³-hybridized carbons (Fsp3) is 0.500. The zero-order chi connectivity index (χ0) is 14.8. The largest absolute Gasteiger partial charge is 0.478 e. The molecule has 1 amide bonds. The number of carboxylic acid groups (broad SMARTS) is 1. The van der Waals surface area contributed by atoms with Gasteiger partial charge in [-0.2, -0.15) is 0 Å². The van der Waals surface area contributed by atoms with Crippen molar-refractivity contribution in [2.24, 2.45) is 5.92 Å². The number of aromatic carboxylic acids is 1. The summed E-state index contributed by atoms with van der Waals surface area (Å²) in [5, 5.41) is 12.4. The molecule has 1 aromatic rings. The van der Waals surface area contributed by atoms with Gasteiger partial charge in [0.2, 0.25) is 5.91 Å². The lowest BCUT2D eigenvalue weighted by atomic mass is 9.94. The van der Waals surface area contributed by atoms with Gasteiger partial charge in [0.05, 0.1) is 5.56 Å². The number of nitrogens with zero attached hydrogens (tertiary/aromatic N) is 1. The Morgan fingerprint density at radius 3 is 2.76 bits per heavy atom. The number of carboxylic acids is 1. The van der Waals surface area contributed by atoms with Gasteiger partial charge in [0.15, 0.2) is 0 Å². The molecule has 2 N–H and O–H groups in total. The van der Waals surface area contributed by atoms with Gasteiger partial charge in [-0.25, -0.2) is 4.79 Å². The normalized spacial score (nSPS) is 18.6. The van der Waals surface area contributed by atoms with Gasteiger partial charge in [-0.15, -0.1) is 0 Å². The average molecular weight is 288 g/mol. The van der Waals surface area contributed by atoms with Crippen molar-refractivity contribution in [2.75, 3.05) is 24.5 Å². The standard InChI is InChI=1S/C16H20N2O3/c19-15(9-11-3-6-17-7-4-11)18-8-5-12-1-2-13(16(20)21)10-14(12)18/h1-2,10-11,17H,3-9H2,(H,20,21). The monoisotopic (exact) mass is 288 g/mol. The molecule has 21 heavy (non-hydrogen) atoms. The minimum Gasteiger partial charge on any atom is -0.478 e. The summed E-state index contributed by atoms with van der Waals surface area (Å²) in [4.78, 5) is 25.4. The predicted molar refractivity (Wildman–Crippen MR) is 79.7 cm³/mol. The maximum atomic E-state index is 12.5. The topological polar surface area (TPSA) is 69.6 Å². The zero-order valence-corrected chi connectivity index (χ0v) is 12.0. The van der Waals surface area contributed by atoms with E-state index in [-0.39, 0.29) is 11.5 Å². The van der Waals surface area contributed by atoms with Crippen LogP contribution in [0.25, 0.3) is 0 Å². The smallest absolute Gasteiger partial charge is 0.335 e. The first-order valence-electron chi connectivity index (χ1n) is 7.52. The molecule has 1 saturated heterocycles. The highest BCUT2D eigenvalue weighted by molar-refractivity contribution is 5.97. The SMILES string of the molecule is O=C(O)c1ccc2c(c1)N(C(=O)CC1CCNCC1)CC2. The third-order valence-corrected chi connectivity index (χ3v) is 4.45. The zero-order valence-electron chi connectivity index (χ0n) is 12.0. The molecule has 5 nitrogen and oxygen atoms in total. The number of anilines is 1. The van der Waals surface area contributed by atoms with Gasteiger partial charge < -0.3 is 15.3 Å². The van der Waals surface area contributed by atoms with Crippen LogP contribution in [0.15, 0.2) is 18.2 Å². The van der Waals surface area contributed by atoms with Gasteiger partial charge in [0, 0.05) is 18.7 Å². The highest BCUT2D eigenvalue weighted by Crippen LogP contribution is 2.31. The van der Waals surface area contributed by atoms with E-state index in [0.717, 1.165) is 43.6 Å². The van der Waals surface area contributed by atoms with Crippen LogP contribution in [-0.4, -0.2) is 36.6 Å². The first kappa shape index (κ1) is 14.1. The molecule has 2 aliphatic heterocycles. The third kappa shape index (κ3) is 2.93. The van der Waals surface area contributed by atoms with Gasteiger partial charge >= 0.3 is 5.97 Å².